The first-order valence-electron chi connectivity index (χ1n) is 8.74. The molecule has 8 heteroatoms. The van der Waals surface area contributed by atoms with Gasteiger partial charge in [0.1, 0.15) is 0 Å². The first-order chi connectivity index (χ1) is 12.3. The Labute approximate surface area is 155 Å². The monoisotopic (exact) mass is 382 g/mol. The minimum absolute atomic E-state index is 0.238. The maximum absolute atomic E-state index is 12.3. The van der Waals surface area contributed by atoms with Crippen LogP contribution >= 0.6 is 0 Å². The fourth-order valence-electron chi connectivity index (χ4n) is 2.95. The zero-order chi connectivity index (χ0) is 19.2. The van der Waals surface area contributed by atoms with Crippen LogP contribution in [0.5, 0.6) is 0 Å². The summed E-state index contributed by atoms with van der Waals surface area (Å²) in [5.41, 5.74) is 1.02. The highest BCUT2D eigenvalue weighted by molar-refractivity contribution is 7.88. The fourth-order valence-corrected chi connectivity index (χ4v) is 3.82. The van der Waals surface area contributed by atoms with Crippen LogP contribution in [0, 0.1) is 5.92 Å². The Morgan fingerprint density at radius 3 is 2.35 bits per heavy atom. The van der Waals surface area contributed by atoms with Gasteiger partial charge in [0.2, 0.25) is 10.0 Å². The van der Waals surface area contributed by atoms with Crippen molar-refractivity contribution >= 4 is 21.9 Å². The lowest BCUT2D eigenvalue weighted by Gasteiger charge is -2.29. The van der Waals surface area contributed by atoms with Gasteiger partial charge in [-0.05, 0) is 25.3 Å². The third-order valence-electron chi connectivity index (χ3n) is 4.54. The average molecular weight is 382 g/mol. The summed E-state index contributed by atoms with van der Waals surface area (Å²) in [4.78, 5) is 26.1. The van der Waals surface area contributed by atoms with Crippen LogP contribution in [0.4, 0.5) is 0 Å². The molecular formula is C18H26N2O5S. The minimum Gasteiger partial charge on any atom is -0.455 e. The second-order valence-electron chi connectivity index (χ2n) is 6.44. The van der Waals surface area contributed by atoms with Crippen molar-refractivity contribution in [3.8, 4) is 0 Å². The van der Waals surface area contributed by atoms with E-state index in [1.54, 1.807) is 4.90 Å². The van der Waals surface area contributed by atoms with Crippen LogP contribution in [0.15, 0.2) is 30.3 Å². The molecule has 0 saturated carbocycles. The number of esters is 1. The van der Waals surface area contributed by atoms with Crippen LogP contribution in [0.3, 0.4) is 0 Å². The number of hydrogen-bond donors (Lipinski definition) is 0. The molecule has 0 bridgehead atoms. The van der Waals surface area contributed by atoms with Crippen LogP contribution in [-0.4, -0.2) is 62.0 Å². The molecule has 0 spiro atoms. The first-order valence-corrected chi connectivity index (χ1v) is 10.6. The molecule has 1 saturated heterocycles. The Morgan fingerprint density at radius 2 is 1.81 bits per heavy atom. The van der Waals surface area contributed by atoms with Gasteiger partial charge in [0.05, 0.1) is 12.2 Å². The number of sulfonamides is 1. The molecule has 0 radical (unpaired) electrons. The van der Waals surface area contributed by atoms with Crippen LogP contribution < -0.4 is 0 Å². The molecule has 0 N–H and O–H groups in total. The number of ether oxygens (including phenoxy) is 1. The van der Waals surface area contributed by atoms with Gasteiger partial charge in [0, 0.05) is 26.2 Å². The Morgan fingerprint density at radius 1 is 1.19 bits per heavy atom. The molecule has 1 aliphatic heterocycles. The Balaban J connectivity index is 1.80. The lowest BCUT2D eigenvalue weighted by molar-refractivity contribution is -0.156. The molecule has 1 aromatic carbocycles. The lowest BCUT2D eigenvalue weighted by Crippen LogP contribution is -2.41. The zero-order valence-corrected chi connectivity index (χ0v) is 16.1. The molecule has 0 atom stereocenters. The molecule has 0 aliphatic carbocycles. The number of carbonyl (C=O) groups is 2. The number of piperidine rings is 1. The maximum atomic E-state index is 12.3. The van der Waals surface area contributed by atoms with Gasteiger partial charge >= 0.3 is 5.97 Å². The summed E-state index contributed by atoms with van der Waals surface area (Å²) in [5.74, 6) is -1.02. The summed E-state index contributed by atoms with van der Waals surface area (Å²) < 4.78 is 29.5. The van der Waals surface area contributed by atoms with Gasteiger partial charge in [-0.2, -0.15) is 0 Å². The van der Waals surface area contributed by atoms with Crippen LogP contribution in [0.1, 0.15) is 25.3 Å². The van der Waals surface area contributed by atoms with E-state index in [1.807, 2.05) is 37.3 Å². The minimum atomic E-state index is -3.22. The molecule has 1 aromatic rings. The van der Waals surface area contributed by atoms with Crippen molar-refractivity contribution in [1.29, 1.82) is 0 Å². The number of benzene rings is 1. The lowest BCUT2D eigenvalue weighted by atomic mass is 9.98. The average Bonchev–Trinajstić information content (AvgIpc) is 2.64. The first kappa shape index (κ1) is 20.4. The number of carbonyl (C=O) groups excluding carboxylic acids is 2. The molecule has 7 nitrogen and oxygen atoms in total. The molecular weight excluding hydrogens is 356 g/mol. The van der Waals surface area contributed by atoms with Gasteiger partial charge in [-0.15, -0.1) is 0 Å². The van der Waals surface area contributed by atoms with Crippen molar-refractivity contribution in [1.82, 2.24) is 9.21 Å². The Hall–Kier alpha value is -1.93. The number of nitrogens with zero attached hydrogens (tertiary/aromatic N) is 2. The van der Waals surface area contributed by atoms with E-state index in [9.17, 15) is 18.0 Å². The maximum Gasteiger partial charge on any atom is 0.309 e. The summed E-state index contributed by atoms with van der Waals surface area (Å²) >= 11 is 0. The summed E-state index contributed by atoms with van der Waals surface area (Å²) in [6, 6.07) is 9.63. The molecule has 1 aliphatic rings. The molecule has 1 fully saturated rings. The van der Waals surface area contributed by atoms with E-state index in [4.69, 9.17) is 4.74 Å². The van der Waals surface area contributed by atoms with Crippen LogP contribution in [0.2, 0.25) is 0 Å². The normalized spacial score (nSPS) is 16.2. The SMILES string of the molecule is CCN(Cc1ccccc1)C(=O)COC(=O)C1CCN(S(C)(=O)=O)CC1. The predicted octanol–water partition coefficient (Wildman–Crippen LogP) is 1.25. The standard InChI is InChI=1S/C18H26N2O5S/c1-3-19(13-15-7-5-4-6-8-15)17(21)14-25-18(22)16-9-11-20(12-10-16)26(2,23)24/h4-8,16H,3,9-14H2,1-2H3. The molecule has 144 valence electrons. The van der Waals surface area contributed by atoms with Crippen molar-refractivity contribution in [3.63, 3.8) is 0 Å². The number of rotatable bonds is 7. The highest BCUT2D eigenvalue weighted by atomic mass is 32.2. The Bertz CT molecular complexity index is 712. The molecule has 0 aromatic heterocycles. The van der Waals surface area contributed by atoms with Crippen LogP contribution in [0.25, 0.3) is 0 Å². The largest absolute Gasteiger partial charge is 0.455 e. The topological polar surface area (TPSA) is 84.0 Å². The van der Waals surface area contributed by atoms with E-state index in [0.29, 0.717) is 39.0 Å². The Kier molecular flexibility index (Phi) is 7.16. The van der Waals surface area contributed by atoms with Gasteiger partial charge in [-0.25, -0.2) is 12.7 Å². The highest BCUT2D eigenvalue weighted by Gasteiger charge is 2.30. The molecule has 1 amide bonds. The van der Waals surface area contributed by atoms with E-state index in [0.717, 1.165) is 11.8 Å². The van der Waals surface area contributed by atoms with Gasteiger partial charge in [-0.1, -0.05) is 30.3 Å². The van der Waals surface area contributed by atoms with Gasteiger partial charge in [0.25, 0.3) is 5.91 Å². The van der Waals surface area contributed by atoms with Crippen molar-refractivity contribution in [2.24, 2.45) is 5.92 Å². The van der Waals surface area contributed by atoms with Crippen LogP contribution in [-0.2, 0) is 30.9 Å². The highest BCUT2D eigenvalue weighted by Crippen LogP contribution is 2.20. The van der Waals surface area contributed by atoms with Gasteiger partial charge < -0.3 is 9.64 Å². The number of likely N-dealkylation sites (N-methyl/N-ethyl adjacent to an activating group) is 1. The third kappa shape index (κ3) is 5.81. The molecule has 26 heavy (non-hydrogen) atoms. The second-order valence-corrected chi connectivity index (χ2v) is 8.42. The summed E-state index contributed by atoms with van der Waals surface area (Å²) in [6.07, 6.45) is 2.00. The second kappa shape index (κ2) is 9.14. The fraction of sp³-hybridized carbons (Fsp3) is 0.556. The smallest absolute Gasteiger partial charge is 0.309 e. The van der Waals surface area contributed by atoms with Crippen molar-refractivity contribution in [3.05, 3.63) is 35.9 Å². The van der Waals surface area contributed by atoms with Crippen molar-refractivity contribution in [2.45, 2.75) is 26.3 Å². The third-order valence-corrected chi connectivity index (χ3v) is 5.85. The summed E-state index contributed by atoms with van der Waals surface area (Å²) in [6.45, 7) is 3.21. The van der Waals surface area contributed by atoms with Crippen molar-refractivity contribution < 1.29 is 22.7 Å². The molecule has 0 unspecified atom stereocenters. The van der Waals surface area contributed by atoms with Gasteiger partial charge in [-0.3, -0.25) is 9.59 Å². The van der Waals surface area contributed by atoms with Crippen molar-refractivity contribution in [2.75, 3.05) is 32.5 Å². The number of amides is 1. The zero-order valence-electron chi connectivity index (χ0n) is 15.3. The van der Waals surface area contributed by atoms with Gasteiger partial charge in [0.15, 0.2) is 6.61 Å². The van der Waals surface area contributed by atoms with E-state index < -0.39 is 16.0 Å². The molecule has 2 rings (SSSR count). The van der Waals surface area contributed by atoms with E-state index in [2.05, 4.69) is 0 Å². The van der Waals surface area contributed by atoms with E-state index >= 15 is 0 Å². The van der Waals surface area contributed by atoms with E-state index in [-0.39, 0.29) is 18.4 Å². The van der Waals surface area contributed by atoms with E-state index in [1.165, 1.54) is 4.31 Å². The number of hydrogen-bond acceptors (Lipinski definition) is 5. The predicted molar refractivity (Wildman–Crippen MR) is 97.6 cm³/mol. The summed E-state index contributed by atoms with van der Waals surface area (Å²) in [7, 11) is -3.22. The summed E-state index contributed by atoms with van der Waals surface area (Å²) in [5, 5.41) is 0. The quantitative estimate of drug-likeness (QED) is 0.663. The molecule has 1 heterocycles.